The van der Waals surface area contributed by atoms with Gasteiger partial charge in [0.1, 0.15) is 0 Å². The van der Waals surface area contributed by atoms with E-state index < -0.39 is 0 Å². The minimum Gasteiger partial charge on any atom is -0.306 e. The van der Waals surface area contributed by atoms with Gasteiger partial charge in [0.05, 0.1) is 0 Å². The van der Waals surface area contributed by atoms with Crippen LogP contribution in [0.2, 0.25) is 0 Å². The van der Waals surface area contributed by atoms with Crippen LogP contribution in [-0.4, -0.2) is 49.6 Å². The van der Waals surface area contributed by atoms with Crippen LogP contribution in [0.25, 0.3) is 0 Å². The highest BCUT2D eigenvalue weighted by molar-refractivity contribution is 4.76. The van der Waals surface area contributed by atoms with Gasteiger partial charge in [-0.2, -0.15) is 0 Å². The lowest BCUT2D eigenvalue weighted by Crippen LogP contribution is -2.37. The Balaban J connectivity index is 1.60. The number of likely N-dealkylation sites (tertiary alicyclic amines) is 2. The lowest BCUT2D eigenvalue weighted by molar-refractivity contribution is 0.138. The average Bonchev–Trinajstić information content (AvgIpc) is 2.38. The number of hydrogen-bond donors (Lipinski definition) is 0. The summed E-state index contributed by atoms with van der Waals surface area (Å²) >= 11 is 0. The minimum absolute atomic E-state index is 0.890. The molecule has 2 heteroatoms. The van der Waals surface area contributed by atoms with Crippen LogP contribution in [0.3, 0.4) is 0 Å². The average molecular weight is 252 g/mol. The molecule has 0 N–H and O–H groups in total. The highest BCUT2D eigenvalue weighted by atomic mass is 15.1. The Morgan fingerprint density at radius 3 is 2.11 bits per heavy atom. The van der Waals surface area contributed by atoms with E-state index in [1.165, 1.54) is 64.8 Å². The van der Waals surface area contributed by atoms with Gasteiger partial charge in [0.25, 0.3) is 0 Å². The van der Waals surface area contributed by atoms with Gasteiger partial charge in [0.2, 0.25) is 0 Å². The second-order valence-electron chi connectivity index (χ2n) is 6.96. The first-order valence-electron chi connectivity index (χ1n) is 8.06. The molecule has 0 bridgehead atoms. The topological polar surface area (TPSA) is 6.48 Å². The van der Waals surface area contributed by atoms with Crippen molar-refractivity contribution in [3.63, 3.8) is 0 Å². The van der Waals surface area contributed by atoms with Crippen molar-refractivity contribution < 1.29 is 0 Å². The van der Waals surface area contributed by atoms with Crippen LogP contribution >= 0.6 is 0 Å². The Kier molecular flexibility index (Phi) is 5.50. The van der Waals surface area contributed by atoms with E-state index in [1.54, 1.807) is 0 Å². The Labute approximate surface area is 114 Å². The molecule has 18 heavy (non-hydrogen) atoms. The highest BCUT2D eigenvalue weighted by Crippen LogP contribution is 2.26. The summed E-state index contributed by atoms with van der Waals surface area (Å²) in [7, 11) is 2.26. The van der Waals surface area contributed by atoms with Crippen LogP contribution in [0.1, 0.15) is 46.0 Å². The maximum absolute atomic E-state index is 2.72. The monoisotopic (exact) mass is 252 g/mol. The molecule has 2 nitrogen and oxygen atoms in total. The Bertz CT molecular complexity index is 223. The third-order valence-electron chi connectivity index (χ3n) is 5.27. The van der Waals surface area contributed by atoms with Crippen molar-refractivity contribution in [2.45, 2.75) is 46.0 Å². The highest BCUT2D eigenvalue weighted by Gasteiger charge is 2.22. The zero-order valence-corrected chi connectivity index (χ0v) is 12.7. The van der Waals surface area contributed by atoms with Crippen LogP contribution in [0.15, 0.2) is 0 Å². The summed E-state index contributed by atoms with van der Waals surface area (Å²) in [5.74, 6) is 2.88. The molecule has 0 aliphatic carbocycles. The molecule has 0 saturated carbocycles. The standard InChI is InChI=1S/C16H32N2/c1-14(2)16-7-12-18(13-8-16)11-6-15-4-9-17(3)10-5-15/h14-16H,4-13H2,1-3H3. The van der Waals surface area contributed by atoms with E-state index in [0.29, 0.717) is 0 Å². The first kappa shape index (κ1) is 14.3. The van der Waals surface area contributed by atoms with Crippen molar-refractivity contribution >= 4 is 0 Å². The van der Waals surface area contributed by atoms with E-state index in [0.717, 1.165) is 17.8 Å². The van der Waals surface area contributed by atoms with E-state index in [9.17, 15) is 0 Å². The molecule has 2 aliphatic rings. The molecule has 2 heterocycles. The smallest absolute Gasteiger partial charge is 0.00160 e. The molecule has 0 aromatic rings. The molecule has 0 amide bonds. The summed E-state index contributed by atoms with van der Waals surface area (Å²) < 4.78 is 0. The van der Waals surface area contributed by atoms with Crippen molar-refractivity contribution in [2.75, 3.05) is 39.8 Å². The second kappa shape index (κ2) is 6.91. The molecule has 2 aliphatic heterocycles. The quantitative estimate of drug-likeness (QED) is 0.758. The van der Waals surface area contributed by atoms with Crippen molar-refractivity contribution in [3.8, 4) is 0 Å². The summed E-state index contributed by atoms with van der Waals surface area (Å²) in [6.45, 7) is 11.5. The Morgan fingerprint density at radius 2 is 1.56 bits per heavy atom. The third kappa shape index (κ3) is 4.24. The van der Waals surface area contributed by atoms with Crippen LogP contribution < -0.4 is 0 Å². The van der Waals surface area contributed by atoms with Crippen molar-refractivity contribution in [2.24, 2.45) is 17.8 Å². The minimum atomic E-state index is 0.890. The molecule has 2 rings (SSSR count). The third-order valence-corrected chi connectivity index (χ3v) is 5.27. The lowest BCUT2D eigenvalue weighted by Gasteiger charge is -2.35. The normalized spacial score (nSPS) is 26.0. The zero-order valence-electron chi connectivity index (χ0n) is 12.7. The van der Waals surface area contributed by atoms with Gasteiger partial charge in [-0.25, -0.2) is 0 Å². The van der Waals surface area contributed by atoms with Crippen molar-refractivity contribution in [3.05, 3.63) is 0 Å². The van der Waals surface area contributed by atoms with Gasteiger partial charge in [-0.15, -0.1) is 0 Å². The van der Waals surface area contributed by atoms with E-state index in [1.807, 2.05) is 0 Å². The van der Waals surface area contributed by atoms with E-state index in [4.69, 9.17) is 0 Å². The fraction of sp³-hybridized carbons (Fsp3) is 1.00. The molecular formula is C16H32N2. The van der Waals surface area contributed by atoms with Crippen molar-refractivity contribution in [1.82, 2.24) is 9.80 Å². The predicted molar refractivity (Wildman–Crippen MR) is 78.8 cm³/mol. The Hall–Kier alpha value is -0.0800. The fourth-order valence-corrected chi connectivity index (χ4v) is 3.56. The molecule has 0 radical (unpaired) electrons. The maximum atomic E-state index is 2.72. The molecule has 0 aromatic carbocycles. The van der Waals surface area contributed by atoms with Gasteiger partial charge in [-0.3, -0.25) is 0 Å². The van der Waals surface area contributed by atoms with Gasteiger partial charge in [0.15, 0.2) is 0 Å². The maximum Gasteiger partial charge on any atom is -0.00160 e. The first-order chi connectivity index (χ1) is 8.65. The molecule has 0 unspecified atom stereocenters. The van der Waals surface area contributed by atoms with E-state index >= 15 is 0 Å². The summed E-state index contributed by atoms with van der Waals surface area (Å²) in [6, 6.07) is 0. The predicted octanol–water partition coefficient (Wildman–Crippen LogP) is 3.09. The molecular weight excluding hydrogens is 220 g/mol. The van der Waals surface area contributed by atoms with E-state index in [2.05, 4.69) is 30.7 Å². The SMILES string of the molecule is CC(C)C1CCN(CCC2CCN(C)CC2)CC1. The largest absolute Gasteiger partial charge is 0.306 e. The molecule has 0 atom stereocenters. The van der Waals surface area contributed by atoms with Crippen LogP contribution in [0.4, 0.5) is 0 Å². The molecule has 0 spiro atoms. The Morgan fingerprint density at radius 1 is 0.944 bits per heavy atom. The van der Waals surface area contributed by atoms with Crippen LogP contribution in [0.5, 0.6) is 0 Å². The van der Waals surface area contributed by atoms with Gasteiger partial charge >= 0.3 is 0 Å². The van der Waals surface area contributed by atoms with Gasteiger partial charge in [-0.05, 0) is 89.6 Å². The molecule has 2 fully saturated rings. The van der Waals surface area contributed by atoms with Crippen molar-refractivity contribution in [1.29, 1.82) is 0 Å². The van der Waals surface area contributed by atoms with Gasteiger partial charge in [0, 0.05) is 0 Å². The second-order valence-corrected chi connectivity index (χ2v) is 6.96. The lowest BCUT2D eigenvalue weighted by atomic mass is 9.86. The number of piperidine rings is 2. The summed E-state index contributed by atoms with van der Waals surface area (Å²) in [4.78, 5) is 5.20. The number of rotatable bonds is 4. The van der Waals surface area contributed by atoms with Gasteiger partial charge < -0.3 is 9.80 Å². The molecule has 106 valence electrons. The number of nitrogens with zero attached hydrogens (tertiary/aromatic N) is 2. The summed E-state index contributed by atoms with van der Waals surface area (Å²) in [5, 5.41) is 0. The molecule has 2 saturated heterocycles. The zero-order chi connectivity index (χ0) is 13.0. The fourth-order valence-electron chi connectivity index (χ4n) is 3.56. The molecule has 0 aromatic heterocycles. The van der Waals surface area contributed by atoms with Crippen LogP contribution in [-0.2, 0) is 0 Å². The van der Waals surface area contributed by atoms with E-state index in [-0.39, 0.29) is 0 Å². The van der Waals surface area contributed by atoms with Crippen LogP contribution in [0, 0.1) is 17.8 Å². The summed E-state index contributed by atoms with van der Waals surface area (Å²) in [6.07, 6.45) is 7.17. The summed E-state index contributed by atoms with van der Waals surface area (Å²) in [5.41, 5.74) is 0. The first-order valence-corrected chi connectivity index (χ1v) is 8.06. The number of hydrogen-bond acceptors (Lipinski definition) is 2. The van der Waals surface area contributed by atoms with Gasteiger partial charge in [-0.1, -0.05) is 13.8 Å².